The van der Waals surface area contributed by atoms with Crippen LogP contribution in [0, 0.1) is 5.92 Å². The number of hydrogen-bond donors (Lipinski definition) is 3. The number of benzene rings is 2. The first-order chi connectivity index (χ1) is 18.9. The van der Waals surface area contributed by atoms with Crippen LogP contribution in [0.15, 0.2) is 48.5 Å². The van der Waals surface area contributed by atoms with Gasteiger partial charge in [0.05, 0.1) is 6.10 Å². The smallest absolute Gasteiger partial charge is 0.248 e. The highest BCUT2D eigenvalue weighted by Crippen LogP contribution is 2.36. The van der Waals surface area contributed by atoms with Crippen molar-refractivity contribution >= 4 is 24.2 Å². The van der Waals surface area contributed by atoms with Crippen LogP contribution < -0.4 is 5.32 Å². The minimum absolute atomic E-state index is 0. The third-order valence-electron chi connectivity index (χ3n) is 9.18. The van der Waals surface area contributed by atoms with Crippen molar-refractivity contribution in [2.45, 2.75) is 88.9 Å². The first-order valence-corrected chi connectivity index (χ1v) is 14.8. The number of aliphatic hydroxyl groups excluding tert-OH is 1. The Morgan fingerprint density at radius 2 is 1.70 bits per heavy atom. The average molecular weight is 570 g/mol. The molecule has 2 aromatic rings. The molecule has 1 spiro atoms. The zero-order valence-electron chi connectivity index (χ0n) is 23.6. The second-order valence-electron chi connectivity index (χ2n) is 11.7. The Morgan fingerprint density at radius 1 is 1.00 bits per heavy atom. The number of phenolic OH excluding ortho intramolecular Hbond substituents is 1. The van der Waals surface area contributed by atoms with E-state index in [1.54, 1.807) is 12.1 Å². The summed E-state index contributed by atoms with van der Waals surface area (Å²) in [6.45, 7) is 4.89. The van der Waals surface area contributed by atoms with E-state index in [4.69, 9.17) is 0 Å². The summed E-state index contributed by atoms with van der Waals surface area (Å²) in [5.41, 5.74) is 2.52. The Morgan fingerprint density at radius 3 is 2.38 bits per heavy atom. The zero-order chi connectivity index (χ0) is 27.4. The van der Waals surface area contributed by atoms with Crippen LogP contribution in [-0.2, 0) is 16.1 Å². The van der Waals surface area contributed by atoms with Gasteiger partial charge in [0.15, 0.2) is 0 Å². The number of nitrogens with one attached hydrogen (secondary N) is 1. The molecule has 2 atom stereocenters. The van der Waals surface area contributed by atoms with E-state index in [2.05, 4.69) is 41.4 Å². The lowest BCUT2D eigenvalue weighted by Crippen LogP contribution is -2.75. The van der Waals surface area contributed by atoms with E-state index in [0.29, 0.717) is 19.4 Å². The van der Waals surface area contributed by atoms with Gasteiger partial charge >= 0.3 is 0 Å². The number of carbonyl (C=O) groups is 2. The second-order valence-corrected chi connectivity index (χ2v) is 11.7. The molecule has 8 heteroatoms. The van der Waals surface area contributed by atoms with Crippen LogP contribution in [0.5, 0.6) is 5.75 Å². The van der Waals surface area contributed by atoms with Crippen LogP contribution in [-0.4, -0.2) is 69.1 Å². The number of amides is 2. The maximum absolute atomic E-state index is 13.8. The van der Waals surface area contributed by atoms with Crippen LogP contribution in [0.1, 0.15) is 70.3 Å². The normalized spacial score (nSPS) is 22.6. The summed E-state index contributed by atoms with van der Waals surface area (Å²) in [5, 5.41) is 23.8. The summed E-state index contributed by atoms with van der Waals surface area (Å²) in [4.78, 5) is 31.8. The SMILES string of the molecule is CCCCN1C(=O)[C@@H]([C@H](O)C2CCCCC2)NC(=O)C12CCN(Cc1cccc(-c3ccc(O)cc3)c1)CC2.Cl. The highest BCUT2D eigenvalue weighted by atomic mass is 35.5. The lowest BCUT2D eigenvalue weighted by molar-refractivity contribution is -0.166. The first-order valence-electron chi connectivity index (χ1n) is 14.8. The molecule has 0 aromatic heterocycles. The molecule has 0 unspecified atom stereocenters. The van der Waals surface area contributed by atoms with E-state index < -0.39 is 17.7 Å². The van der Waals surface area contributed by atoms with Crippen molar-refractivity contribution in [3.05, 3.63) is 54.1 Å². The Balaban J connectivity index is 0.00000370. The van der Waals surface area contributed by atoms with Crippen molar-refractivity contribution in [3.8, 4) is 16.9 Å². The lowest BCUT2D eigenvalue weighted by atomic mass is 9.78. The standard InChI is InChI=1S/C32H43N3O4.ClH/c1-2-3-18-35-30(38)28(29(37)25-9-5-4-6-10-25)33-31(39)32(35)16-19-34(20-17-32)22-23-8-7-11-26(21-23)24-12-14-27(36)15-13-24;/h7-8,11-15,21,25,28-29,36-37H,2-6,9-10,16-20,22H2,1H3,(H,33,39);1H/t28-,29-;/m1./s1. The summed E-state index contributed by atoms with van der Waals surface area (Å²) in [6.07, 6.45) is 7.34. The summed E-state index contributed by atoms with van der Waals surface area (Å²) in [6, 6.07) is 14.8. The highest BCUT2D eigenvalue weighted by Gasteiger charge is 2.55. The Labute approximate surface area is 244 Å². The van der Waals surface area contributed by atoms with Crippen molar-refractivity contribution in [1.82, 2.24) is 15.1 Å². The van der Waals surface area contributed by atoms with Crippen LogP contribution in [0.2, 0.25) is 0 Å². The number of aliphatic hydroxyl groups is 1. The first kappa shape index (κ1) is 30.4. The van der Waals surface area contributed by atoms with Gasteiger partial charge in [-0.05, 0) is 72.9 Å². The van der Waals surface area contributed by atoms with Crippen molar-refractivity contribution in [2.75, 3.05) is 19.6 Å². The van der Waals surface area contributed by atoms with Crippen molar-refractivity contribution < 1.29 is 19.8 Å². The summed E-state index contributed by atoms with van der Waals surface area (Å²) < 4.78 is 0. The molecular weight excluding hydrogens is 526 g/mol. The van der Waals surface area contributed by atoms with Gasteiger partial charge in [0.25, 0.3) is 0 Å². The molecule has 218 valence electrons. The molecule has 1 aliphatic carbocycles. The summed E-state index contributed by atoms with van der Waals surface area (Å²) >= 11 is 0. The number of rotatable bonds is 8. The number of nitrogens with zero attached hydrogens (tertiary/aromatic N) is 2. The monoisotopic (exact) mass is 569 g/mol. The fourth-order valence-corrected chi connectivity index (χ4v) is 6.80. The van der Waals surface area contributed by atoms with E-state index in [0.717, 1.165) is 69.3 Å². The topological polar surface area (TPSA) is 93.1 Å². The molecule has 2 saturated heterocycles. The number of hydrogen-bond acceptors (Lipinski definition) is 5. The third-order valence-corrected chi connectivity index (χ3v) is 9.18. The number of carbonyl (C=O) groups excluding carboxylic acids is 2. The maximum Gasteiger partial charge on any atom is 0.248 e. The fraction of sp³-hybridized carbons (Fsp3) is 0.562. The molecular formula is C32H44ClN3O4. The second kappa shape index (κ2) is 13.4. The minimum atomic E-state index is -0.834. The van der Waals surface area contributed by atoms with Gasteiger partial charge in [-0.3, -0.25) is 14.5 Å². The van der Waals surface area contributed by atoms with Gasteiger partial charge in [-0.1, -0.05) is 62.9 Å². The number of likely N-dealkylation sites (tertiary alicyclic amines) is 1. The van der Waals surface area contributed by atoms with Gasteiger partial charge in [-0.15, -0.1) is 12.4 Å². The van der Waals surface area contributed by atoms with E-state index in [1.807, 2.05) is 17.0 Å². The third kappa shape index (κ3) is 6.32. The fourth-order valence-electron chi connectivity index (χ4n) is 6.80. The number of halogens is 1. The summed E-state index contributed by atoms with van der Waals surface area (Å²) in [5.74, 6) is 0.141. The summed E-state index contributed by atoms with van der Waals surface area (Å²) in [7, 11) is 0. The molecule has 3 aliphatic rings. The molecule has 2 heterocycles. The molecule has 7 nitrogen and oxygen atoms in total. The predicted molar refractivity (Wildman–Crippen MR) is 159 cm³/mol. The molecule has 5 rings (SSSR count). The maximum atomic E-state index is 13.8. The molecule has 40 heavy (non-hydrogen) atoms. The van der Waals surface area contributed by atoms with Crippen molar-refractivity contribution in [3.63, 3.8) is 0 Å². The molecule has 0 bridgehead atoms. The van der Waals surface area contributed by atoms with Crippen LogP contribution in [0.25, 0.3) is 11.1 Å². The van der Waals surface area contributed by atoms with Gasteiger partial charge in [0, 0.05) is 26.2 Å². The Hall–Kier alpha value is -2.61. The van der Waals surface area contributed by atoms with Gasteiger partial charge < -0.3 is 20.4 Å². The van der Waals surface area contributed by atoms with E-state index in [9.17, 15) is 19.8 Å². The number of piperazine rings is 1. The van der Waals surface area contributed by atoms with Gasteiger partial charge in [0.2, 0.25) is 11.8 Å². The predicted octanol–water partition coefficient (Wildman–Crippen LogP) is 4.88. The Bertz CT molecular complexity index is 1140. The largest absolute Gasteiger partial charge is 0.508 e. The van der Waals surface area contributed by atoms with Gasteiger partial charge in [-0.2, -0.15) is 0 Å². The van der Waals surface area contributed by atoms with Crippen molar-refractivity contribution in [2.24, 2.45) is 5.92 Å². The van der Waals surface area contributed by atoms with E-state index in [1.165, 1.54) is 12.0 Å². The Kier molecular flexibility index (Phi) is 10.1. The number of phenols is 1. The van der Waals surface area contributed by atoms with Crippen molar-refractivity contribution in [1.29, 1.82) is 0 Å². The molecule has 2 amide bonds. The van der Waals surface area contributed by atoms with Gasteiger partial charge in [-0.25, -0.2) is 0 Å². The molecule has 3 N–H and O–H groups in total. The number of aromatic hydroxyl groups is 1. The van der Waals surface area contributed by atoms with Gasteiger partial charge in [0.1, 0.15) is 17.3 Å². The lowest BCUT2D eigenvalue weighted by Gasteiger charge is -2.52. The highest BCUT2D eigenvalue weighted by molar-refractivity contribution is 6.00. The molecule has 3 fully saturated rings. The molecule has 2 aromatic carbocycles. The average Bonchev–Trinajstić information content (AvgIpc) is 2.97. The molecule has 1 saturated carbocycles. The molecule has 2 aliphatic heterocycles. The molecule has 0 radical (unpaired) electrons. The zero-order valence-corrected chi connectivity index (χ0v) is 24.4. The van der Waals surface area contributed by atoms with E-state index >= 15 is 0 Å². The van der Waals surface area contributed by atoms with E-state index in [-0.39, 0.29) is 35.9 Å². The quantitative estimate of drug-likeness (QED) is 0.421. The van der Waals surface area contributed by atoms with Crippen LogP contribution in [0.3, 0.4) is 0 Å². The minimum Gasteiger partial charge on any atom is -0.508 e. The number of piperidine rings is 1. The van der Waals surface area contributed by atoms with Crippen LogP contribution >= 0.6 is 12.4 Å². The van der Waals surface area contributed by atoms with Crippen LogP contribution in [0.4, 0.5) is 0 Å². The number of unbranched alkanes of at least 4 members (excludes halogenated alkanes) is 1.